The van der Waals surface area contributed by atoms with E-state index in [1.54, 1.807) is 0 Å². The van der Waals surface area contributed by atoms with E-state index in [-0.39, 0.29) is 38.6 Å². The second-order valence-corrected chi connectivity index (χ2v) is 26.2. The third-order valence-corrected chi connectivity index (χ3v) is 17.4. The number of hydrogen-bond donors (Lipinski definition) is 2. The van der Waals surface area contributed by atoms with Gasteiger partial charge in [0, 0.05) is 19.4 Å². The van der Waals surface area contributed by atoms with Gasteiger partial charge in [-0.1, -0.05) is 364 Å². The summed E-state index contributed by atoms with van der Waals surface area (Å²) in [5.41, 5.74) is 5.41. The zero-order valence-electron chi connectivity index (χ0n) is 56.1. The van der Waals surface area contributed by atoms with Crippen LogP contribution in [0.4, 0.5) is 0 Å². The minimum absolute atomic E-state index is 0.0536. The van der Waals surface area contributed by atoms with Crippen LogP contribution in [0.1, 0.15) is 373 Å². The molecule has 0 aromatic heterocycles. The van der Waals surface area contributed by atoms with Gasteiger partial charge in [-0.05, 0) is 57.8 Å². The molecule has 0 rings (SSSR count). The summed E-state index contributed by atoms with van der Waals surface area (Å²) in [6.07, 6.45) is 92.0. The average Bonchev–Trinajstić information content (AvgIpc) is 3.52. The fourth-order valence-corrected chi connectivity index (χ4v) is 11.8. The molecule has 0 aromatic carbocycles. The molecule has 0 fully saturated rings. The number of phosphoric ester groups is 1. The van der Waals surface area contributed by atoms with Gasteiger partial charge in [0.2, 0.25) is 0 Å². The molecule has 0 aliphatic carbocycles. The van der Waals surface area contributed by atoms with E-state index in [2.05, 4.69) is 74.6 Å². The summed E-state index contributed by atoms with van der Waals surface area (Å²) in [5, 5.41) is 0. The SMILES string of the molecule is CC/C=C\C/C=C\C/C=C\C/C=C\C/C=C\CCCCCCCCCCCCCCCC(=O)OC(COC(=O)CCCCCCCCCCCCCCCCCCCCCCCCCCCCCCCCCCCCC)COP(=O)(O)OCCN. The van der Waals surface area contributed by atoms with Crippen LogP contribution in [0.2, 0.25) is 0 Å². The summed E-state index contributed by atoms with van der Waals surface area (Å²) >= 11 is 0. The van der Waals surface area contributed by atoms with Crippen LogP contribution >= 0.6 is 7.82 Å². The van der Waals surface area contributed by atoms with Gasteiger partial charge in [0.05, 0.1) is 13.2 Å². The molecule has 0 radical (unpaired) electrons. The maximum Gasteiger partial charge on any atom is 0.472 e. The quantitative estimate of drug-likeness (QED) is 0.0264. The molecule has 0 heterocycles. The Morgan fingerprint density at radius 1 is 0.365 bits per heavy atom. The lowest BCUT2D eigenvalue weighted by Gasteiger charge is -2.19. The van der Waals surface area contributed by atoms with E-state index >= 15 is 0 Å². The number of carbonyl (C=O) groups excluding carboxylic acids is 2. The van der Waals surface area contributed by atoms with Crippen molar-refractivity contribution < 1.29 is 37.6 Å². The molecule has 0 aliphatic heterocycles. The predicted molar refractivity (Wildman–Crippen MR) is 367 cm³/mol. The average molecular weight is 1210 g/mol. The third-order valence-electron chi connectivity index (χ3n) is 16.4. The standard InChI is InChI=1S/C75H140NO8P/c1-3-5-7-9-11-13-15-17-19-21-23-25-27-29-31-33-34-35-36-37-38-40-41-43-45-47-49-51-53-55-57-59-61-63-65-67-74(77)81-71-73(72-83-85(79,80)82-70-69-76)84-75(78)68-66-64-62-60-58-56-54-52-50-48-46-44-42-39-32-30-28-26-24-22-20-18-16-14-12-10-8-6-4-2/h6,8,12,14,18,20,24,26,30,32,73H,3-5,7,9-11,13,15-17,19,21-23,25,27-29,31,33-72,76H2,1-2H3,(H,79,80)/b8-6-,14-12-,20-18-,26-24-,32-30-. The summed E-state index contributed by atoms with van der Waals surface area (Å²) in [6.45, 7) is 3.70. The molecular formula is C75H140NO8P. The lowest BCUT2D eigenvalue weighted by atomic mass is 10.0. The molecule has 2 unspecified atom stereocenters. The van der Waals surface area contributed by atoms with Crippen molar-refractivity contribution in [3.63, 3.8) is 0 Å². The molecule has 0 spiro atoms. The zero-order valence-corrected chi connectivity index (χ0v) is 57.0. The Morgan fingerprint density at radius 2 is 0.647 bits per heavy atom. The Balaban J connectivity index is 3.80. The van der Waals surface area contributed by atoms with Crippen LogP contribution in [0, 0.1) is 0 Å². The normalized spacial score (nSPS) is 13.2. The molecule has 2 atom stereocenters. The largest absolute Gasteiger partial charge is 0.472 e. The predicted octanol–water partition coefficient (Wildman–Crippen LogP) is 24.2. The van der Waals surface area contributed by atoms with Crippen molar-refractivity contribution in [1.82, 2.24) is 0 Å². The van der Waals surface area contributed by atoms with E-state index in [1.165, 1.54) is 270 Å². The maximum atomic E-state index is 12.8. The lowest BCUT2D eigenvalue weighted by molar-refractivity contribution is -0.161. The van der Waals surface area contributed by atoms with Crippen LogP contribution in [-0.4, -0.2) is 49.3 Å². The Morgan fingerprint density at radius 3 is 0.965 bits per heavy atom. The van der Waals surface area contributed by atoms with Crippen molar-refractivity contribution in [3.05, 3.63) is 60.8 Å². The molecule has 10 heteroatoms. The molecule has 0 amide bonds. The van der Waals surface area contributed by atoms with Crippen molar-refractivity contribution in [1.29, 1.82) is 0 Å². The van der Waals surface area contributed by atoms with Crippen LogP contribution in [0.3, 0.4) is 0 Å². The van der Waals surface area contributed by atoms with Crippen molar-refractivity contribution in [2.75, 3.05) is 26.4 Å². The van der Waals surface area contributed by atoms with Gasteiger partial charge in [-0.2, -0.15) is 0 Å². The smallest absolute Gasteiger partial charge is 0.462 e. The van der Waals surface area contributed by atoms with Crippen LogP contribution < -0.4 is 5.73 Å². The van der Waals surface area contributed by atoms with Gasteiger partial charge in [0.25, 0.3) is 0 Å². The molecule has 0 aliphatic rings. The summed E-state index contributed by atoms with van der Waals surface area (Å²) in [7, 11) is -4.39. The van der Waals surface area contributed by atoms with Crippen LogP contribution in [0.25, 0.3) is 0 Å². The number of ether oxygens (including phenoxy) is 2. The van der Waals surface area contributed by atoms with E-state index in [9.17, 15) is 19.0 Å². The molecule has 0 bridgehead atoms. The number of carbonyl (C=O) groups is 2. The van der Waals surface area contributed by atoms with Gasteiger partial charge in [-0.3, -0.25) is 18.6 Å². The fraction of sp³-hybridized carbons (Fsp3) is 0.840. The van der Waals surface area contributed by atoms with Crippen LogP contribution in [0.5, 0.6) is 0 Å². The highest BCUT2D eigenvalue weighted by Crippen LogP contribution is 2.43. The first-order chi connectivity index (χ1) is 41.8. The Labute approximate surface area is 527 Å². The first kappa shape index (κ1) is 82.7. The number of allylic oxidation sites excluding steroid dienone is 10. The van der Waals surface area contributed by atoms with Crippen molar-refractivity contribution in [2.24, 2.45) is 5.73 Å². The van der Waals surface area contributed by atoms with Crippen LogP contribution in [0.15, 0.2) is 60.8 Å². The second kappa shape index (κ2) is 70.8. The van der Waals surface area contributed by atoms with Gasteiger partial charge in [-0.15, -0.1) is 0 Å². The lowest BCUT2D eigenvalue weighted by Crippen LogP contribution is -2.29. The van der Waals surface area contributed by atoms with E-state index in [0.717, 1.165) is 70.6 Å². The van der Waals surface area contributed by atoms with E-state index in [4.69, 9.17) is 24.3 Å². The van der Waals surface area contributed by atoms with Gasteiger partial charge in [-0.25, -0.2) is 4.57 Å². The minimum Gasteiger partial charge on any atom is -0.462 e. The summed E-state index contributed by atoms with van der Waals surface area (Å²) in [6, 6.07) is 0. The third kappa shape index (κ3) is 70.7. The van der Waals surface area contributed by atoms with Gasteiger partial charge < -0.3 is 20.1 Å². The van der Waals surface area contributed by atoms with Crippen molar-refractivity contribution in [2.45, 2.75) is 380 Å². The Hall–Kier alpha value is -2.29. The number of phosphoric acid groups is 1. The van der Waals surface area contributed by atoms with E-state index < -0.39 is 26.5 Å². The highest BCUT2D eigenvalue weighted by molar-refractivity contribution is 7.47. The second-order valence-electron chi connectivity index (χ2n) is 24.8. The molecule has 0 saturated heterocycles. The highest BCUT2D eigenvalue weighted by Gasteiger charge is 2.26. The molecule has 0 aromatic rings. The molecule has 498 valence electrons. The maximum absolute atomic E-state index is 12.8. The Kier molecular flexibility index (Phi) is 68.9. The van der Waals surface area contributed by atoms with Gasteiger partial charge >= 0.3 is 19.8 Å². The number of rotatable bonds is 70. The summed E-state index contributed by atoms with van der Waals surface area (Å²) in [5.74, 6) is -0.812. The van der Waals surface area contributed by atoms with Gasteiger partial charge in [0.15, 0.2) is 6.10 Å². The molecule has 3 N–H and O–H groups in total. The molecule has 9 nitrogen and oxygen atoms in total. The molecule has 85 heavy (non-hydrogen) atoms. The monoisotopic (exact) mass is 1210 g/mol. The van der Waals surface area contributed by atoms with E-state index in [0.29, 0.717) is 6.42 Å². The number of hydrogen-bond acceptors (Lipinski definition) is 8. The first-order valence-corrected chi connectivity index (χ1v) is 38.3. The van der Waals surface area contributed by atoms with Crippen molar-refractivity contribution in [3.8, 4) is 0 Å². The number of unbranched alkanes of at least 4 members (excludes halogenated alkanes) is 47. The number of esters is 2. The van der Waals surface area contributed by atoms with Gasteiger partial charge in [0.1, 0.15) is 6.61 Å². The topological polar surface area (TPSA) is 134 Å². The zero-order chi connectivity index (χ0) is 61.6. The summed E-state index contributed by atoms with van der Waals surface area (Å²) < 4.78 is 33.2. The highest BCUT2D eigenvalue weighted by atomic mass is 31.2. The molecule has 0 saturated carbocycles. The first-order valence-electron chi connectivity index (χ1n) is 36.8. The van der Waals surface area contributed by atoms with Crippen molar-refractivity contribution >= 4 is 19.8 Å². The Bertz CT molecular complexity index is 1580. The van der Waals surface area contributed by atoms with E-state index in [1.807, 2.05) is 0 Å². The molecular weight excluding hydrogens is 1070 g/mol. The fourth-order valence-electron chi connectivity index (χ4n) is 11.0. The van der Waals surface area contributed by atoms with Crippen LogP contribution in [-0.2, 0) is 32.7 Å². The summed E-state index contributed by atoms with van der Waals surface area (Å²) in [4.78, 5) is 35.4. The minimum atomic E-state index is -4.39. The number of nitrogens with two attached hydrogens (primary N) is 1.